The minimum atomic E-state index is -2.66. The molecule has 6 heteroatoms. The lowest BCUT2D eigenvalue weighted by molar-refractivity contribution is 0.272. The van der Waals surface area contributed by atoms with Gasteiger partial charge in [-0.05, 0) is 24.5 Å². The van der Waals surface area contributed by atoms with Gasteiger partial charge in [-0.1, -0.05) is 18.3 Å². The van der Waals surface area contributed by atoms with Crippen LogP contribution in [0.3, 0.4) is 0 Å². The number of hydrogen-bond acceptors (Lipinski definition) is 4. The molecule has 0 aliphatic carbocycles. The highest BCUT2D eigenvalue weighted by atomic mass is 32.9. The topological polar surface area (TPSA) is 53.3 Å². The van der Waals surface area contributed by atoms with Crippen LogP contribution in [0.2, 0.25) is 0 Å². The summed E-state index contributed by atoms with van der Waals surface area (Å²) in [6.45, 7) is 1.88. The molecule has 0 saturated carbocycles. The average Bonchev–Trinajstić information content (AvgIpc) is 2.00. The lowest BCUT2D eigenvalue weighted by Gasteiger charge is -2.17. The second-order valence-corrected chi connectivity index (χ2v) is 8.14. The molecule has 0 fully saturated rings. The zero-order valence-electron chi connectivity index (χ0n) is 6.48. The normalized spacial score (nSPS) is 18.8. The molecule has 0 rings (SSSR count). The van der Waals surface area contributed by atoms with Crippen LogP contribution in [-0.4, -0.2) is 23.5 Å². The summed E-state index contributed by atoms with van der Waals surface area (Å²) >= 11 is 5.90. The SMILES string of the molecule is CCC(C=N)OP(O)(=S)SC. The summed E-state index contributed by atoms with van der Waals surface area (Å²) in [6.07, 6.45) is 3.20. The van der Waals surface area contributed by atoms with Gasteiger partial charge in [0.1, 0.15) is 0 Å². The molecular formula is C5H12NO2PS2. The molecule has 2 unspecified atom stereocenters. The smallest absolute Gasteiger partial charge is 0.245 e. The molecule has 0 spiro atoms. The summed E-state index contributed by atoms with van der Waals surface area (Å²) in [5.41, 5.74) is -2.66. The van der Waals surface area contributed by atoms with Crippen molar-refractivity contribution in [2.75, 3.05) is 6.26 Å². The molecule has 0 aromatic rings. The third kappa shape index (κ3) is 4.93. The molecular weight excluding hydrogens is 201 g/mol. The van der Waals surface area contributed by atoms with Crippen LogP contribution in [0.5, 0.6) is 0 Å². The number of rotatable bonds is 5. The van der Waals surface area contributed by atoms with Crippen molar-refractivity contribution in [1.29, 1.82) is 5.41 Å². The van der Waals surface area contributed by atoms with Gasteiger partial charge in [-0.25, -0.2) is 0 Å². The Kier molecular flexibility index (Phi) is 5.56. The van der Waals surface area contributed by atoms with Crippen molar-refractivity contribution in [2.45, 2.75) is 19.4 Å². The van der Waals surface area contributed by atoms with Gasteiger partial charge in [-0.3, -0.25) is 0 Å². The minimum Gasteiger partial charge on any atom is -0.337 e. The maximum absolute atomic E-state index is 9.32. The Morgan fingerprint density at radius 3 is 2.73 bits per heavy atom. The molecule has 11 heavy (non-hydrogen) atoms. The first-order valence-electron chi connectivity index (χ1n) is 3.13. The van der Waals surface area contributed by atoms with Gasteiger partial charge < -0.3 is 14.8 Å². The standard InChI is InChI=1S/C5H12NO2PS2/c1-3-5(4-6)8-9(7,10)11-2/h4-6H,3H2,1-2H3,(H,7,10). The largest absolute Gasteiger partial charge is 0.337 e. The van der Waals surface area contributed by atoms with Crippen LogP contribution in [0, 0.1) is 5.41 Å². The predicted octanol–water partition coefficient (Wildman–Crippen LogP) is 2.01. The van der Waals surface area contributed by atoms with Crippen molar-refractivity contribution in [2.24, 2.45) is 0 Å². The van der Waals surface area contributed by atoms with E-state index in [1.54, 1.807) is 6.26 Å². The quantitative estimate of drug-likeness (QED) is 0.542. The molecule has 0 amide bonds. The van der Waals surface area contributed by atoms with E-state index >= 15 is 0 Å². The number of hydrogen-bond donors (Lipinski definition) is 2. The molecule has 0 heterocycles. The fourth-order valence-corrected chi connectivity index (χ4v) is 2.00. The van der Waals surface area contributed by atoms with Gasteiger partial charge in [0.2, 0.25) is 5.69 Å². The highest BCUT2D eigenvalue weighted by Gasteiger charge is 2.16. The summed E-state index contributed by atoms with van der Waals surface area (Å²) < 4.78 is 5.09. The third-order valence-electron chi connectivity index (χ3n) is 1.09. The predicted molar refractivity (Wildman–Crippen MR) is 54.0 cm³/mol. The van der Waals surface area contributed by atoms with Crippen LogP contribution in [0.25, 0.3) is 0 Å². The Labute approximate surface area is 76.0 Å². The summed E-state index contributed by atoms with van der Waals surface area (Å²) in [6, 6.07) is 0. The van der Waals surface area contributed by atoms with Crippen LogP contribution in [0.4, 0.5) is 0 Å². The third-order valence-corrected chi connectivity index (χ3v) is 5.33. The Hall–Kier alpha value is 0.590. The van der Waals surface area contributed by atoms with E-state index in [-0.39, 0.29) is 6.10 Å². The second-order valence-electron chi connectivity index (χ2n) is 1.87. The summed E-state index contributed by atoms with van der Waals surface area (Å²) in [7, 11) is 0. The first-order valence-corrected chi connectivity index (χ1v) is 7.63. The van der Waals surface area contributed by atoms with E-state index in [0.717, 1.165) is 17.6 Å². The molecule has 0 aromatic carbocycles. The van der Waals surface area contributed by atoms with Crippen molar-refractivity contribution in [3.05, 3.63) is 0 Å². The Bertz CT molecular complexity index is 176. The Balaban J connectivity index is 4.00. The average molecular weight is 213 g/mol. The van der Waals surface area contributed by atoms with Crippen molar-refractivity contribution < 1.29 is 9.42 Å². The monoisotopic (exact) mass is 213 g/mol. The van der Waals surface area contributed by atoms with E-state index in [2.05, 4.69) is 0 Å². The van der Waals surface area contributed by atoms with Crippen LogP contribution >= 0.6 is 17.1 Å². The fraction of sp³-hybridized carbons (Fsp3) is 0.800. The number of nitrogens with one attached hydrogen (secondary N) is 1. The van der Waals surface area contributed by atoms with E-state index in [0.29, 0.717) is 6.42 Å². The van der Waals surface area contributed by atoms with Gasteiger partial charge in [-0.15, -0.1) is 0 Å². The zero-order valence-corrected chi connectivity index (χ0v) is 9.01. The first-order chi connectivity index (χ1) is 5.05. The molecule has 0 aliphatic heterocycles. The van der Waals surface area contributed by atoms with Gasteiger partial charge in [0.05, 0.1) is 6.10 Å². The van der Waals surface area contributed by atoms with Crippen molar-refractivity contribution in [3.8, 4) is 0 Å². The van der Waals surface area contributed by atoms with Gasteiger partial charge in [0.15, 0.2) is 0 Å². The second kappa shape index (κ2) is 5.27. The van der Waals surface area contributed by atoms with E-state index < -0.39 is 5.69 Å². The summed E-state index contributed by atoms with van der Waals surface area (Å²) in [4.78, 5) is 9.32. The van der Waals surface area contributed by atoms with Crippen molar-refractivity contribution >= 4 is 35.1 Å². The summed E-state index contributed by atoms with van der Waals surface area (Å²) in [5.74, 6) is 0. The van der Waals surface area contributed by atoms with Crippen LogP contribution in [0.1, 0.15) is 13.3 Å². The molecule has 0 radical (unpaired) electrons. The van der Waals surface area contributed by atoms with Gasteiger partial charge in [-0.2, -0.15) is 0 Å². The summed E-state index contributed by atoms with van der Waals surface area (Å²) in [5, 5.41) is 6.92. The van der Waals surface area contributed by atoms with Crippen LogP contribution < -0.4 is 0 Å². The Morgan fingerprint density at radius 1 is 1.91 bits per heavy atom. The first kappa shape index (κ1) is 11.6. The highest BCUT2D eigenvalue weighted by molar-refractivity contribution is 8.67. The van der Waals surface area contributed by atoms with E-state index in [1.165, 1.54) is 0 Å². The fourth-order valence-electron chi connectivity index (χ4n) is 0.437. The van der Waals surface area contributed by atoms with Crippen molar-refractivity contribution in [1.82, 2.24) is 0 Å². The maximum Gasteiger partial charge on any atom is 0.245 e. The molecule has 0 aliphatic rings. The molecule has 0 saturated heterocycles. The van der Waals surface area contributed by atoms with E-state index in [4.69, 9.17) is 21.7 Å². The molecule has 0 bridgehead atoms. The zero-order chi connectivity index (χ0) is 8.91. The van der Waals surface area contributed by atoms with E-state index in [1.807, 2.05) is 6.92 Å². The van der Waals surface area contributed by atoms with E-state index in [9.17, 15) is 4.89 Å². The Morgan fingerprint density at radius 2 is 2.45 bits per heavy atom. The van der Waals surface area contributed by atoms with Gasteiger partial charge in [0, 0.05) is 6.21 Å². The van der Waals surface area contributed by atoms with Crippen LogP contribution in [-0.2, 0) is 16.3 Å². The minimum absolute atomic E-state index is 0.335. The maximum atomic E-state index is 9.32. The van der Waals surface area contributed by atoms with Crippen LogP contribution in [0.15, 0.2) is 0 Å². The molecule has 0 aromatic heterocycles. The van der Waals surface area contributed by atoms with Gasteiger partial charge in [0.25, 0.3) is 0 Å². The molecule has 3 nitrogen and oxygen atoms in total. The highest BCUT2D eigenvalue weighted by Crippen LogP contribution is 2.55. The lowest BCUT2D eigenvalue weighted by Crippen LogP contribution is -2.09. The molecule has 2 N–H and O–H groups in total. The molecule has 2 atom stereocenters. The van der Waals surface area contributed by atoms with Crippen molar-refractivity contribution in [3.63, 3.8) is 0 Å². The van der Waals surface area contributed by atoms with Gasteiger partial charge >= 0.3 is 0 Å². The molecule has 66 valence electrons. The lowest BCUT2D eigenvalue weighted by atomic mass is 10.3.